The molecule has 0 bridgehead atoms. The number of carbonyl (C=O) groups is 2. The Morgan fingerprint density at radius 3 is 2.83 bits per heavy atom. The molecule has 1 aromatic rings. The van der Waals surface area contributed by atoms with Crippen LogP contribution in [0.5, 0.6) is 11.5 Å². The number of benzene rings is 1. The minimum atomic E-state index is -0.0331. The Hall–Kier alpha value is -2.04. The Morgan fingerprint density at radius 1 is 1.44 bits per heavy atom. The molecule has 98 valence electrons. The molecule has 5 heteroatoms. The molecule has 5 nitrogen and oxygen atoms in total. The molecule has 0 heterocycles. The Kier molecular flexibility index (Phi) is 5.70. The monoisotopic (exact) mass is 251 g/mol. The number of nitrogens with one attached hydrogen (secondary N) is 1. The highest BCUT2D eigenvalue weighted by atomic mass is 16.5. The molecule has 0 unspecified atom stereocenters. The molecular formula is C13H17NO4. The average Bonchev–Trinajstić information content (AvgIpc) is 2.42. The van der Waals surface area contributed by atoms with Crippen LogP contribution in [-0.4, -0.2) is 33.0 Å². The summed E-state index contributed by atoms with van der Waals surface area (Å²) in [4.78, 5) is 21.9. The molecule has 0 saturated carbocycles. The van der Waals surface area contributed by atoms with Gasteiger partial charge in [-0.2, -0.15) is 0 Å². The number of hydrogen-bond acceptors (Lipinski definition) is 4. The van der Waals surface area contributed by atoms with Gasteiger partial charge in [-0.1, -0.05) is 6.07 Å². The molecule has 1 rings (SSSR count). The Labute approximate surface area is 106 Å². The lowest BCUT2D eigenvalue weighted by molar-refractivity contribution is -0.120. The van der Waals surface area contributed by atoms with E-state index in [1.165, 1.54) is 7.11 Å². The Balaban J connectivity index is 2.60. The predicted molar refractivity (Wildman–Crippen MR) is 67.2 cm³/mol. The molecule has 0 aliphatic rings. The van der Waals surface area contributed by atoms with E-state index in [2.05, 4.69) is 5.32 Å². The summed E-state index contributed by atoms with van der Waals surface area (Å²) in [6.07, 6.45) is 1.69. The van der Waals surface area contributed by atoms with Gasteiger partial charge < -0.3 is 14.8 Å². The summed E-state index contributed by atoms with van der Waals surface area (Å²) in [5, 5.41) is 2.53. The summed E-state index contributed by atoms with van der Waals surface area (Å²) in [6.45, 7) is 0.356. The summed E-state index contributed by atoms with van der Waals surface area (Å²) >= 11 is 0. The van der Waals surface area contributed by atoms with Crippen LogP contribution in [0.25, 0.3) is 0 Å². The molecule has 0 saturated heterocycles. The fraction of sp³-hybridized carbons (Fsp3) is 0.385. The summed E-state index contributed by atoms with van der Waals surface area (Å²) < 4.78 is 10.6. The normalized spacial score (nSPS) is 9.67. The number of carbonyl (C=O) groups excluding carboxylic acids is 2. The van der Waals surface area contributed by atoms with Gasteiger partial charge in [0.2, 0.25) is 5.91 Å². The van der Waals surface area contributed by atoms with Gasteiger partial charge in [0, 0.05) is 13.5 Å². The van der Waals surface area contributed by atoms with Gasteiger partial charge in [-0.3, -0.25) is 9.59 Å². The van der Waals surface area contributed by atoms with E-state index < -0.39 is 0 Å². The molecule has 0 spiro atoms. The van der Waals surface area contributed by atoms with Crippen molar-refractivity contribution in [3.8, 4) is 11.5 Å². The summed E-state index contributed by atoms with van der Waals surface area (Å²) in [5.41, 5.74) is 0.439. The lowest BCUT2D eigenvalue weighted by Crippen LogP contribution is -2.18. The number of ether oxygens (including phenoxy) is 2. The van der Waals surface area contributed by atoms with E-state index in [0.29, 0.717) is 36.5 Å². The minimum Gasteiger partial charge on any atom is -0.493 e. The fourth-order valence-corrected chi connectivity index (χ4v) is 1.47. The quantitative estimate of drug-likeness (QED) is 0.588. The highest BCUT2D eigenvalue weighted by molar-refractivity contribution is 5.81. The molecule has 0 aromatic heterocycles. The predicted octanol–water partition coefficient (Wildman–Crippen LogP) is 1.41. The maximum absolute atomic E-state index is 11.0. The highest BCUT2D eigenvalue weighted by Crippen LogP contribution is 2.30. The third-order valence-corrected chi connectivity index (χ3v) is 2.43. The standard InChI is InChI=1S/C13H17NO4/c1-14-12(16)7-4-8-18-13-10(9-15)5-3-6-11(13)17-2/h3,5-6,9H,4,7-8H2,1-2H3,(H,14,16). The lowest BCUT2D eigenvalue weighted by atomic mass is 10.2. The zero-order valence-electron chi connectivity index (χ0n) is 10.6. The van der Waals surface area contributed by atoms with Gasteiger partial charge in [-0.05, 0) is 18.6 Å². The first kappa shape index (κ1) is 14.0. The first-order chi connectivity index (χ1) is 8.72. The fourth-order valence-electron chi connectivity index (χ4n) is 1.47. The maximum Gasteiger partial charge on any atom is 0.219 e. The SMILES string of the molecule is CNC(=O)CCCOc1c(C=O)cccc1OC. The van der Waals surface area contributed by atoms with Crippen LogP contribution < -0.4 is 14.8 Å². The van der Waals surface area contributed by atoms with Crippen molar-refractivity contribution in [2.75, 3.05) is 20.8 Å². The van der Waals surface area contributed by atoms with Crippen molar-refractivity contribution >= 4 is 12.2 Å². The summed E-state index contributed by atoms with van der Waals surface area (Å²) in [6, 6.07) is 5.10. The highest BCUT2D eigenvalue weighted by Gasteiger charge is 2.09. The Bertz CT molecular complexity index is 417. The molecule has 0 atom stereocenters. The second-order valence-corrected chi connectivity index (χ2v) is 3.62. The molecule has 18 heavy (non-hydrogen) atoms. The molecule has 0 radical (unpaired) electrons. The molecular weight excluding hydrogens is 234 g/mol. The lowest BCUT2D eigenvalue weighted by Gasteiger charge is -2.12. The van der Waals surface area contributed by atoms with Crippen LogP contribution in [-0.2, 0) is 4.79 Å². The van der Waals surface area contributed by atoms with E-state index in [0.717, 1.165) is 6.29 Å². The molecule has 1 amide bonds. The van der Waals surface area contributed by atoms with Gasteiger partial charge in [0.05, 0.1) is 19.3 Å². The second-order valence-electron chi connectivity index (χ2n) is 3.62. The van der Waals surface area contributed by atoms with Crippen LogP contribution in [0.2, 0.25) is 0 Å². The van der Waals surface area contributed by atoms with Gasteiger partial charge in [0.1, 0.15) is 0 Å². The number of para-hydroxylation sites is 1. The zero-order chi connectivity index (χ0) is 13.4. The number of rotatable bonds is 7. The number of amides is 1. The van der Waals surface area contributed by atoms with E-state index in [-0.39, 0.29) is 5.91 Å². The molecule has 0 aliphatic carbocycles. The van der Waals surface area contributed by atoms with Crippen molar-refractivity contribution in [2.45, 2.75) is 12.8 Å². The smallest absolute Gasteiger partial charge is 0.219 e. The van der Waals surface area contributed by atoms with Crippen LogP contribution in [0.1, 0.15) is 23.2 Å². The number of hydrogen-bond donors (Lipinski definition) is 1. The second kappa shape index (κ2) is 7.32. The van der Waals surface area contributed by atoms with Gasteiger partial charge in [-0.25, -0.2) is 0 Å². The van der Waals surface area contributed by atoms with Crippen molar-refractivity contribution < 1.29 is 19.1 Å². The van der Waals surface area contributed by atoms with E-state index in [9.17, 15) is 9.59 Å². The third-order valence-electron chi connectivity index (χ3n) is 2.43. The zero-order valence-corrected chi connectivity index (χ0v) is 10.6. The largest absolute Gasteiger partial charge is 0.493 e. The summed E-state index contributed by atoms with van der Waals surface area (Å²) in [7, 11) is 3.11. The van der Waals surface area contributed by atoms with Crippen LogP contribution in [0, 0.1) is 0 Å². The molecule has 0 fully saturated rings. The minimum absolute atomic E-state index is 0.0331. The van der Waals surface area contributed by atoms with Gasteiger partial charge in [0.25, 0.3) is 0 Å². The number of methoxy groups -OCH3 is 1. The van der Waals surface area contributed by atoms with Crippen molar-refractivity contribution in [2.24, 2.45) is 0 Å². The van der Waals surface area contributed by atoms with Gasteiger partial charge >= 0.3 is 0 Å². The van der Waals surface area contributed by atoms with Gasteiger partial charge in [0.15, 0.2) is 17.8 Å². The van der Waals surface area contributed by atoms with E-state index >= 15 is 0 Å². The average molecular weight is 251 g/mol. The number of aldehydes is 1. The van der Waals surface area contributed by atoms with Crippen LogP contribution >= 0.6 is 0 Å². The van der Waals surface area contributed by atoms with Crippen molar-refractivity contribution in [1.29, 1.82) is 0 Å². The van der Waals surface area contributed by atoms with Crippen LogP contribution in [0.3, 0.4) is 0 Å². The molecule has 1 aromatic carbocycles. The molecule has 0 aliphatic heterocycles. The van der Waals surface area contributed by atoms with Crippen molar-refractivity contribution in [3.05, 3.63) is 23.8 Å². The van der Waals surface area contributed by atoms with Crippen molar-refractivity contribution in [1.82, 2.24) is 5.32 Å². The Morgan fingerprint density at radius 2 is 2.22 bits per heavy atom. The first-order valence-electron chi connectivity index (χ1n) is 5.68. The maximum atomic E-state index is 11.0. The van der Waals surface area contributed by atoms with E-state index in [1.54, 1.807) is 25.2 Å². The van der Waals surface area contributed by atoms with E-state index in [1.807, 2.05) is 0 Å². The third kappa shape index (κ3) is 3.76. The molecule has 1 N–H and O–H groups in total. The summed E-state index contributed by atoms with van der Waals surface area (Å²) in [5.74, 6) is 0.903. The van der Waals surface area contributed by atoms with Crippen LogP contribution in [0.4, 0.5) is 0 Å². The van der Waals surface area contributed by atoms with Gasteiger partial charge in [-0.15, -0.1) is 0 Å². The van der Waals surface area contributed by atoms with Crippen molar-refractivity contribution in [3.63, 3.8) is 0 Å². The topological polar surface area (TPSA) is 64.6 Å². The first-order valence-corrected chi connectivity index (χ1v) is 5.68. The van der Waals surface area contributed by atoms with E-state index in [4.69, 9.17) is 9.47 Å². The van der Waals surface area contributed by atoms with Crippen LogP contribution in [0.15, 0.2) is 18.2 Å².